The van der Waals surface area contributed by atoms with Gasteiger partial charge in [-0.3, -0.25) is 4.79 Å². The highest BCUT2D eigenvalue weighted by Crippen LogP contribution is 2.39. The number of alkyl halides is 3. The minimum Gasteiger partial charge on any atom is -0.481 e. The lowest BCUT2D eigenvalue weighted by molar-refractivity contribution is -0.141. The SMILES string of the molecule is CS(=O)(=O)c1ccc(Cc2c3n(c4ccccc24)CC(C(=O)O)C3)c(C(F)(F)F)c1. The Kier molecular flexibility index (Phi) is 4.68. The van der Waals surface area contributed by atoms with Crippen LogP contribution < -0.4 is 0 Å². The number of aliphatic carboxylic acids is 1. The molecule has 2 aromatic carbocycles. The summed E-state index contributed by atoms with van der Waals surface area (Å²) >= 11 is 0. The molecule has 5 nitrogen and oxygen atoms in total. The number of para-hydroxylation sites is 1. The van der Waals surface area contributed by atoms with E-state index in [2.05, 4.69) is 0 Å². The Morgan fingerprint density at radius 2 is 1.90 bits per heavy atom. The van der Waals surface area contributed by atoms with E-state index in [1.807, 2.05) is 16.7 Å². The molecule has 0 saturated heterocycles. The van der Waals surface area contributed by atoms with Gasteiger partial charge < -0.3 is 9.67 Å². The summed E-state index contributed by atoms with van der Waals surface area (Å²) in [4.78, 5) is 11.1. The molecule has 1 N–H and O–H groups in total. The number of rotatable bonds is 4. The number of nitrogens with zero attached hydrogens (tertiary/aromatic N) is 1. The largest absolute Gasteiger partial charge is 0.481 e. The van der Waals surface area contributed by atoms with Gasteiger partial charge in [0.05, 0.1) is 16.4 Å². The third-order valence-electron chi connectivity index (χ3n) is 5.57. The van der Waals surface area contributed by atoms with Gasteiger partial charge in [-0.2, -0.15) is 13.2 Å². The summed E-state index contributed by atoms with van der Waals surface area (Å²) in [7, 11) is -3.79. The summed E-state index contributed by atoms with van der Waals surface area (Å²) in [6.45, 7) is 0.268. The zero-order chi connectivity index (χ0) is 21.8. The fraction of sp³-hybridized carbons (Fsp3) is 0.286. The monoisotopic (exact) mass is 437 g/mol. The van der Waals surface area contributed by atoms with Crippen molar-refractivity contribution in [2.24, 2.45) is 5.92 Å². The molecule has 3 aromatic rings. The Morgan fingerprint density at radius 1 is 1.20 bits per heavy atom. The van der Waals surface area contributed by atoms with Crippen LogP contribution in [0.3, 0.4) is 0 Å². The molecule has 0 amide bonds. The summed E-state index contributed by atoms with van der Waals surface area (Å²) in [5, 5.41) is 10.2. The Bertz CT molecular complexity index is 1280. The van der Waals surface area contributed by atoms with E-state index in [9.17, 15) is 31.5 Å². The zero-order valence-corrected chi connectivity index (χ0v) is 16.7. The first-order valence-electron chi connectivity index (χ1n) is 9.19. The molecule has 2 heterocycles. The maximum Gasteiger partial charge on any atom is 0.416 e. The molecule has 0 radical (unpaired) electrons. The summed E-state index contributed by atoms with van der Waals surface area (Å²) in [5.74, 6) is -1.57. The van der Waals surface area contributed by atoms with E-state index < -0.39 is 38.4 Å². The van der Waals surface area contributed by atoms with Crippen molar-refractivity contribution < 1.29 is 31.5 Å². The number of fused-ring (bicyclic) bond motifs is 3. The molecule has 0 fully saturated rings. The second-order valence-corrected chi connectivity index (χ2v) is 9.57. The summed E-state index contributed by atoms with van der Waals surface area (Å²) in [6, 6.07) is 10.3. The van der Waals surface area contributed by atoms with Crippen molar-refractivity contribution in [1.29, 1.82) is 0 Å². The predicted octanol–water partition coefficient (Wildman–Crippen LogP) is 3.91. The smallest absolute Gasteiger partial charge is 0.416 e. The van der Waals surface area contributed by atoms with Crippen molar-refractivity contribution in [2.45, 2.75) is 30.5 Å². The van der Waals surface area contributed by atoms with Crippen LogP contribution in [0.2, 0.25) is 0 Å². The van der Waals surface area contributed by atoms with Crippen LogP contribution in [0.25, 0.3) is 10.9 Å². The number of hydrogen-bond acceptors (Lipinski definition) is 3. The Balaban J connectivity index is 1.87. The van der Waals surface area contributed by atoms with Gasteiger partial charge in [-0.25, -0.2) is 8.42 Å². The molecule has 1 aliphatic rings. The van der Waals surface area contributed by atoms with Gasteiger partial charge in [-0.05, 0) is 29.3 Å². The molecule has 0 aliphatic carbocycles. The number of carboxylic acid groups (broad SMARTS) is 1. The third-order valence-corrected chi connectivity index (χ3v) is 6.68. The number of aromatic nitrogens is 1. The summed E-state index contributed by atoms with van der Waals surface area (Å²) < 4.78 is 66.5. The summed E-state index contributed by atoms with van der Waals surface area (Å²) in [6.07, 6.45) is -3.70. The Labute approximate surface area is 170 Å². The molecule has 158 valence electrons. The molecular weight excluding hydrogens is 419 g/mol. The summed E-state index contributed by atoms with van der Waals surface area (Å²) in [5.41, 5.74) is 1.10. The maximum absolute atomic E-state index is 13.7. The lowest BCUT2D eigenvalue weighted by Crippen LogP contribution is -2.15. The number of carboxylic acids is 1. The van der Waals surface area contributed by atoms with Gasteiger partial charge in [0.15, 0.2) is 9.84 Å². The Morgan fingerprint density at radius 3 is 2.53 bits per heavy atom. The average Bonchev–Trinajstić information content (AvgIpc) is 3.20. The first kappa shape index (κ1) is 20.5. The van der Waals surface area contributed by atoms with Crippen LogP contribution in [0.1, 0.15) is 22.4 Å². The molecule has 30 heavy (non-hydrogen) atoms. The van der Waals surface area contributed by atoms with Crippen LogP contribution in [-0.4, -0.2) is 30.3 Å². The molecule has 0 saturated carbocycles. The van der Waals surface area contributed by atoms with Gasteiger partial charge in [-0.1, -0.05) is 24.3 Å². The van der Waals surface area contributed by atoms with Crippen molar-refractivity contribution in [1.82, 2.24) is 4.57 Å². The standard InChI is InChI=1S/C21H18F3NO4S/c1-30(28,29)14-7-6-12(17(10-14)21(22,23)24)8-16-15-4-2-3-5-18(15)25-11-13(20(26)27)9-19(16)25/h2-7,10,13H,8-9,11H2,1H3,(H,26,27). The molecule has 4 rings (SSSR count). The van der Waals surface area contributed by atoms with Gasteiger partial charge >= 0.3 is 12.1 Å². The number of sulfone groups is 1. The highest BCUT2D eigenvalue weighted by Gasteiger charge is 2.36. The van der Waals surface area contributed by atoms with Crippen LogP contribution in [0, 0.1) is 5.92 Å². The van der Waals surface area contributed by atoms with E-state index in [1.165, 1.54) is 12.1 Å². The zero-order valence-electron chi connectivity index (χ0n) is 15.9. The van der Waals surface area contributed by atoms with Crippen molar-refractivity contribution in [2.75, 3.05) is 6.26 Å². The molecule has 1 unspecified atom stereocenters. The van der Waals surface area contributed by atoms with Crippen LogP contribution in [0.4, 0.5) is 13.2 Å². The molecule has 9 heteroatoms. The molecule has 1 atom stereocenters. The van der Waals surface area contributed by atoms with Gasteiger partial charge in [-0.15, -0.1) is 0 Å². The molecule has 0 spiro atoms. The number of benzene rings is 2. The van der Waals surface area contributed by atoms with E-state index in [0.717, 1.165) is 17.2 Å². The van der Waals surface area contributed by atoms with E-state index >= 15 is 0 Å². The highest BCUT2D eigenvalue weighted by molar-refractivity contribution is 7.90. The first-order chi connectivity index (χ1) is 14.0. The Hall–Kier alpha value is -2.81. The average molecular weight is 437 g/mol. The van der Waals surface area contributed by atoms with E-state index in [4.69, 9.17) is 0 Å². The van der Waals surface area contributed by atoms with Gasteiger partial charge in [0.1, 0.15) is 0 Å². The second kappa shape index (κ2) is 6.87. The second-order valence-electron chi connectivity index (χ2n) is 7.56. The highest BCUT2D eigenvalue weighted by atomic mass is 32.2. The molecule has 1 aliphatic heterocycles. The van der Waals surface area contributed by atoms with Crippen LogP contribution in [0.5, 0.6) is 0 Å². The van der Waals surface area contributed by atoms with E-state index in [0.29, 0.717) is 17.3 Å². The van der Waals surface area contributed by atoms with Crippen molar-refractivity contribution in [3.63, 3.8) is 0 Å². The third kappa shape index (κ3) is 3.47. The van der Waals surface area contributed by atoms with Gasteiger partial charge in [0.25, 0.3) is 0 Å². The molecule has 0 bridgehead atoms. The quantitative estimate of drug-likeness (QED) is 0.672. The van der Waals surface area contributed by atoms with E-state index in [1.54, 1.807) is 12.1 Å². The fourth-order valence-corrected chi connectivity index (χ4v) is 4.79. The number of hydrogen-bond donors (Lipinski definition) is 1. The maximum atomic E-state index is 13.7. The normalized spacial score (nSPS) is 16.7. The lowest BCUT2D eigenvalue weighted by atomic mass is 9.95. The minimum absolute atomic E-state index is 0.0483. The van der Waals surface area contributed by atoms with Crippen molar-refractivity contribution in [3.8, 4) is 0 Å². The topological polar surface area (TPSA) is 76.4 Å². The van der Waals surface area contributed by atoms with Crippen LogP contribution in [0.15, 0.2) is 47.4 Å². The lowest BCUT2D eigenvalue weighted by Gasteiger charge is -2.15. The molecule has 1 aromatic heterocycles. The van der Waals surface area contributed by atoms with E-state index in [-0.39, 0.29) is 24.9 Å². The van der Waals surface area contributed by atoms with Crippen LogP contribution >= 0.6 is 0 Å². The number of carbonyl (C=O) groups is 1. The van der Waals surface area contributed by atoms with Crippen molar-refractivity contribution >= 4 is 26.7 Å². The van der Waals surface area contributed by atoms with Crippen molar-refractivity contribution in [3.05, 3.63) is 64.8 Å². The fourth-order valence-electron chi connectivity index (χ4n) is 4.15. The van der Waals surface area contributed by atoms with Gasteiger partial charge in [0.2, 0.25) is 0 Å². The van der Waals surface area contributed by atoms with Crippen LogP contribution in [-0.2, 0) is 40.2 Å². The number of halogens is 3. The van der Waals surface area contributed by atoms with Gasteiger partial charge in [0, 0.05) is 42.2 Å². The molecular formula is C21H18F3NO4S. The first-order valence-corrected chi connectivity index (χ1v) is 11.1. The predicted molar refractivity (Wildman–Crippen MR) is 104 cm³/mol. The minimum atomic E-state index is -4.72.